The van der Waals surface area contributed by atoms with E-state index in [9.17, 15) is 9.59 Å². The zero-order valence-corrected chi connectivity index (χ0v) is 10.9. The van der Waals surface area contributed by atoms with Crippen LogP contribution in [-0.2, 0) is 4.79 Å². The molecule has 2 heterocycles. The number of nitrogens with one attached hydrogen (secondary N) is 2. The fraction of sp³-hybridized carbons (Fsp3) is 0.214. The molecule has 0 saturated heterocycles. The second-order valence-corrected chi connectivity index (χ2v) is 4.87. The van der Waals surface area contributed by atoms with Gasteiger partial charge in [0.1, 0.15) is 5.82 Å². The van der Waals surface area contributed by atoms with E-state index in [2.05, 4.69) is 15.3 Å². The zero-order chi connectivity index (χ0) is 14.3. The lowest BCUT2D eigenvalue weighted by Gasteiger charge is -2.25. The second kappa shape index (κ2) is 4.48. The Kier molecular flexibility index (Phi) is 2.78. The number of anilines is 2. The van der Waals surface area contributed by atoms with Crippen molar-refractivity contribution in [1.29, 1.82) is 0 Å². The van der Waals surface area contributed by atoms with E-state index >= 15 is 0 Å². The maximum Gasteiger partial charge on any atom is 0.258 e. The Morgan fingerprint density at radius 1 is 1.30 bits per heavy atom. The molecule has 3 rings (SSSR count). The number of carbonyl (C=O) groups is 1. The van der Waals surface area contributed by atoms with E-state index in [1.54, 1.807) is 0 Å². The molecule has 1 amide bonds. The molecule has 1 atom stereocenters. The summed E-state index contributed by atoms with van der Waals surface area (Å²) in [6, 6.07) is 7.71. The minimum atomic E-state index is -0.305. The van der Waals surface area contributed by atoms with E-state index < -0.39 is 0 Å². The first kappa shape index (κ1) is 12.4. The van der Waals surface area contributed by atoms with Gasteiger partial charge in [-0.25, -0.2) is 0 Å². The maximum atomic E-state index is 12.2. The summed E-state index contributed by atoms with van der Waals surface area (Å²) in [7, 11) is 0. The summed E-state index contributed by atoms with van der Waals surface area (Å²) < 4.78 is 0. The monoisotopic (exact) mass is 270 g/mol. The summed E-state index contributed by atoms with van der Waals surface area (Å²) in [4.78, 5) is 30.5. The lowest BCUT2D eigenvalue weighted by molar-refractivity contribution is -0.116. The van der Waals surface area contributed by atoms with E-state index in [0.29, 0.717) is 5.56 Å². The van der Waals surface area contributed by atoms with Gasteiger partial charge in [0.25, 0.3) is 5.56 Å². The van der Waals surface area contributed by atoms with E-state index in [-0.39, 0.29) is 35.6 Å². The fourth-order valence-corrected chi connectivity index (χ4v) is 2.63. The molecule has 0 spiro atoms. The summed E-state index contributed by atoms with van der Waals surface area (Å²) in [6.45, 7) is 1.96. The molecular weight excluding hydrogens is 256 g/mol. The molecule has 0 fully saturated rings. The van der Waals surface area contributed by atoms with Gasteiger partial charge < -0.3 is 11.1 Å². The van der Waals surface area contributed by atoms with E-state index in [1.807, 2.05) is 31.2 Å². The lowest BCUT2D eigenvalue weighted by atomic mass is 9.84. The number of carbonyl (C=O) groups excluding carboxylic acids is 1. The highest BCUT2D eigenvalue weighted by Crippen LogP contribution is 2.35. The van der Waals surface area contributed by atoms with Crippen LogP contribution in [0, 0.1) is 6.92 Å². The van der Waals surface area contributed by atoms with Gasteiger partial charge in [0, 0.05) is 12.3 Å². The molecule has 2 aromatic rings. The topological polar surface area (TPSA) is 101 Å². The van der Waals surface area contributed by atoms with Gasteiger partial charge in [0.15, 0.2) is 0 Å². The standard InChI is InChI=1S/C14H14N4O2/c1-7-4-2-3-5-8(7)9-6-10(19)16-12-11(9)13(20)18-14(15)17-12/h2-5,9H,6H2,1H3,(H4,15,16,17,18,19,20). The van der Waals surface area contributed by atoms with Gasteiger partial charge in [0.2, 0.25) is 11.9 Å². The molecule has 0 saturated carbocycles. The molecule has 102 valence electrons. The Balaban J connectivity index is 2.23. The molecule has 20 heavy (non-hydrogen) atoms. The zero-order valence-electron chi connectivity index (χ0n) is 10.9. The van der Waals surface area contributed by atoms with Crippen LogP contribution in [0.25, 0.3) is 0 Å². The number of aromatic nitrogens is 2. The molecule has 1 aromatic heterocycles. The third-order valence-corrected chi connectivity index (χ3v) is 3.53. The van der Waals surface area contributed by atoms with Crippen molar-refractivity contribution in [3.05, 3.63) is 51.3 Å². The van der Waals surface area contributed by atoms with Crippen LogP contribution in [-0.4, -0.2) is 15.9 Å². The third-order valence-electron chi connectivity index (χ3n) is 3.53. The van der Waals surface area contributed by atoms with Gasteiger partial charge in [-0.2, -0.15) is 4.98 Å². The first-order valence-electron chi connectivity index (χ1n) is 6.31. The summed E-state index contributed by atoms with van der Waals surface area (Å²) in [5.74, 6) is -0.199. The molecule has 6 heteroatoms. The molecule has 1 unspecified atom stereocenters. The molecule has 1 aromatic carbocycles. The van der Waals surface area contributed by atoms with Crippen molar-refractivity contribution in [3.8, 4) is 0 Å². The number of hydrogen-bond acceptors (Lipinski definition) is 4. The average molecular weight is 270 g/mol. The number of H-pyrrole nitrogens is 1. The number of benzene rings is 1. The van der Waals surface area contributed by atoms with Crippen molar-refractivity contribution in [2.24, 2.45) is 0 Å². The molecule has 0 radical (unpaired) electrons. The first-order chi connectivity index (χ1) is 9.56. The quantitative estimate of drug-likeness (QED) is 0.723. The van der Waals surface area contributed by atoms with Crippen LogP contribution in [0.3, 0.4) is 0 Å². The summed E-state index contributed by atoms with van der Waals surface area (Å²) in [5.41, 5.74) is 7.68. The van der Waals surface area contributed by atoms with Crippen LogP contribution < -0.4 is 16.6 Å². The Hall–Kier alpha value is -2.63. The summed E-state index contributed by atoms with van der Waals surface area (Å²) in [6.07, 6.45) is 0.229. The van der Waals surface area contributed by atoms with Gasteiger partial charge in [0.05, 0.1) is 5.56 Å². The highest BCUT2D eigenvalue weighted by molar-refractivity contribution is 5.94. The van der Waals surface area contributed by atoms with Gasteiger partial charge in [-0.05, 0) is 18.1 Å². The molecule has 6 nitrogen and oxygen atoms in total. The summed E-state index contributed by atoms with van der Waals surface area (Å²) in [5, 5.41) is 2.61. The Morgan fingerprint density at radius 3 is 2.80 bits per heavy atom. The molecule has 4 N–H and O–H groups in total. The van der Waals surface area contributed by atoms with E-state index in [4.69, 9.17) is 5.73 Å². The van der Waals surface area contributed by atoms with E-state index in [0.717, 1.165) is 11.1 Å². The molecule has 1 aliphatic heterocycles. The minimum Gasteiger partial charge on any atom is -0.369 e. The van der Waals surface area contributed by atoms with Crippen LogP contribution in [0.1, 0.15) is 29.0 Å². The lowest BCUT2D eigenvalue weighted by Crippen LogP contribution is -2.31. The van der Waals surface area contributed by atoms with Crippen molar-refractivity contribution in [2.75, 3.05) is 11.1 Å². The number of aryl methyl sites for hydroxylation is 1. The first-order valence-corrected chi connectivity index (χ1v) is 6.31. The molecule has 0 bridgehead atoms. The van der Waals surface area contributed by atoms with Gasteiger partial charge in [-0.15, -0.1) is 0 Å². The third kappa shape index (κ3) is 1.95. The van der Waals surface area contributed by atoms with Crippen LogP contribution in [0.4, 0.5) is 11.8 Å². The van der Waals surface area contributed by atoms with Gasteiger partial charge in [-0.1, -0.05) is 24.3 Å². The number of nitrogen functional groups attached to an aromatic ring is 1. The predicted octanol–water partition coefficient (Wildman–Crippen LogP) is 1.13. The Bertz CT molecular complexity index is 751. The van der Waals surface area contributed by atoms with Crippen molar-refractivity contribution >= 4 is 17.7 Å². The largest absolute Gasteiger partial charge is 0.369 e. The van der Waals surface area contributed by atoms with Crippen LogP contribution >= 0.6 is 0 Å². The van der Waals surface area contributed by atoms with Crippen LogP contribution in [0.5, 0.6) is 0 Å². The molecule has 1 aliphatic rings. The highest BCUT2D eigenvalue weighted by Gasteiger charge is 2.31. The number of nitrogens with zero attached hydrogens (tertiary/aromatic N) is 1. The molecular formula is C14H14N4O2. The smallest absolute Gasteiger partial charge is 0.258 e. The second-order valence-electron chi connectivity index (χ2n) is 4.87. The minimum absolute atomic E-state index is 0.000478. The van der Waals surface area contributed by atoms with Crippen molar-refractivity contribution < 1.29 is 4.79 Å². The number of nitrogens with two attached hydrogens (primary N) is 1. The van der Waals surface area contributed by atoms with Crippen molar-refractivity contribution in [3.63, 3.8) is 0 Å². The number of rotatable bonds is 1. The van der Waals surface area contributed by atoms with Crippen molar-refractivity contribution in [1.82, 2.24) is 9.97 Å². The van der Waals surface area contributed by atoms with Gasteiger partial charge in [-0.3, -0.25) is 14.6 Å². The Morgan fingerprint density at radius 2 is 2.05 bits per heavy atom. The number of hydrogen-bond donors (Lipinski definition) is 3. The predicted molar refractivity (Wildman–Crippen MR) is 75.5 cm³/mol. The molecule has 0 aliphatic carbocycles. The SMILES string of the molecule is Cc1ccccc1C1CC(=O)Nc2nc(N)[nH]c(=O)c21. The number of amides is 1. The number of fused-ring (bicyclic) bond motifs is 1. The fourth-order valence-electron chi connectivity index (χ4n) is 2.63. The highest BCUT2D eigenvalue weighted by atomic mass is 16.2. The normalized spacial score (nSPS) is 17.4. The average Bonchev–Trinajstić information content (AvgIpc) is 2.37. The number of aromatic amines is 1. The van der Waals surface area contributed by atoms with Crippen LogP contribution in [0.2, 0.25) is 0 Å². The summed E-state index contributed by atoms with van der Waals surface area (Å²) >= 11 is 0. The maximum absolute atomic E-state index is 12.2. The van der Waals surface area contributed by atoms with Crippen LogP contribution in [0.15, 0.2) is 29.1 Å². The van der Waals surface area contributed by atoms with Gasteiger partial charge >= 0.3 is 0 Å². The van der Waals surface area contributed by atoms with Crippen molar-refractivity contribution in [2.45, 2.75) is 19.3 Å². The Labute approximate surface area is 115 Å². The van der Waals surface area contributed by atoms with E-state index in [1.165, 1.54) is 0 Å².